The van der Waals surface area contributed by atoms with E-state index in [0.717, 1.165) is 56.5 Å². The van der Waals surface area contributed by atoms with E-state index < -0.39 is 0 Å². The van der Waals surface area contributed by atoms with Crippen LogP contribution in [0.2, 0.25) is 0 Å². The predicted octanol–water partition coefficient (Wildman–Crippen LogP) is 1.35. The van der Waals surface area contributed by atoms with Crippen LogP contribution in [0.5, 0.6) is 0 Å². The fourth-order valence-corrected chi connectivity index (χ4v) is 3.71. The van der Waals surface area contributed by atoms with Crippen LogP contribution in [-0.4, -0.2) is 47.2 Å². The molecule has 7 heteroatoms. The minimum atomic E-state index is 0.340. The number of nitrogen functional groups attached to an aromatic ring is 1. The summed E-state index contributed by atoms with van der Waals surface area (Å²) in [5.74, 6) is 1.07. The van der Waals surface area contributed by atoms with Gasteiger partial charge in [-0.1, -0.05) is 11.3 Å². The maximum Gasteiger partial charge on any atom is 0.222 e. The SMILES string of the molecule is Nc1nnc(N2CCC(CCN3CCCC3=O)CC2)s1. The second-order valence-electron chi connectivity index (χ2n) is 5.63. The Kier molecular flexibility index (Phi) is 4.05. The molecule has 2 aliphatic heterocycles. The smallest absolute Gasteiger partial charge is 0.222 e. The first-order chi connectivity index (χ1) is 9.72. The average molecular weight is 295 g/mol. The van der Waals surface area contributed by atoms with Crippen molar-refractivity contribution in [1.29, 1.82) is 0 Å². The summed E-state index contributed by atoms with van der Waals surface area (Å²) < 4.78 is 0. The van der Waals surface area contributed by atoms with Crippen LogP contribution < -0.4 is 10.6 Å². The number of amides is 1. The van der Waals surface area contributed by atoms with E-state index in [4.69, 9.17) is 5.73 Å². The molecule has 2 fully saturated rings. The second kappa shape index (κ2) is 5.95. The first kappa shape index (κ1) is 13.6. The Balaban J connectivity index is 1.43. The molecule has 0 spiro atoms. The van der Waals surface area contributed by atoms with Crippen molar-refractivity contribution in [3.63, 3.8) is 0 Å². The molecule has 0 unspecified atom stereocenters. The molecule has 0 saturated carbocycles. The van der Waals surface area contributed by atoms with E-state index in [1.165, 1.54) is 24.2 Å². The van der Waals surface area contributed by atoms with Crippen LogP contribution in [0.15, 0.2) is 0 Å². The monoisotopic (exact) mass is 295 g/mol. The molecule has 20 heavy (non-hydrogen) atoms. The van der Waals surface area contributed by atoms with Crippen LogP contribution in [0, 0.1) is 5.92 Å². The molecule has 1 amide bonds. The number of hydrogen-bond donors (Lipinski definition) is 1. The maximum absolute atomic E-state index is 11.6. The van der Waals surface area contributed by atoms with Gasteiger partial charge in [-0.25, -0.2) is 0 Å². The molecule has 2 N–H and O–H groups in total. The molecule has 0 aromatic carbocycles. The summed E-state index contributed by atoms with van der Waals surface area (Å²) >= 11 is 1.46. The summed E-state index contributed by atoms with van der Waals surface area (Å²) in [6.07, 6.45) is 5.26. The quantitative estimate of drug-likeness (QED) is 0.907. The van der Waals surface area contributed by atoms with Gasteiger partial charge in [0, 0.05) is 32.6 Å². The van der Waals surface area contributed by atoms with Crippen molar-refractivity contribution in [3.05, 3.63) is 0 Å². The van der Waals surface area contributed by atoms with Gasteiger partial charge in [-0.2, -0.15) is 0 Å². The lowest BCUT2D eigenvalue weighted by atomic mass is 9.93. The fourth-order valence-electron chi connectivity index (χ4n) is 3.05. The van der Waals surface area contributed by atoms with Crippen LogP contribution in [0.4, 0.5) is 10.3 Å². The highest BCUT2D eigenvalue weighted by atomic mass is 32.1. The van der Waals surface area contributed by atoms with E-state index in [1.807, 2.05) is 4.90 Å². The van der Waals surface area contributed by atoms with Gasteiger partial charge in [0.2, 0.25) is 16.2 Å². The third-order valence-corrected chi connectivity index (χ3v) is 5.11. The Bertz CT molecular complexity index is 469. The second-order valence-corrected chi connectivity index (χ2v) is 6.61. The van der Waals surface area contributed by atoms with Gasteiger partial charge in [-0.05, 0) is 31.6 Å². The molecule has 0 bridgehead atoms. The first-order valence-electron chi connectivity index (χ1n) is 7.34. The molecular weight excluding hydrogens is 274 g/mol. The molecule has 110 valence electrons. The Labute approximate surface area is 123 Å². The molecule has 3 heterocycles. The summed E-state index contributed by atoms with van der Waals surface area (Å²) in [4.78, 5) is 15.9. The third-order valence-electron chi connectivity index (χ3n) is 4.29. The largest absolute Gasteiger partial charge is 0.374 e. The van der Waals surface area contributed by atoms with Gasteiger partial charge in [0.05, 0.1) is 0 Å². The van der Waals surface area contributed by atoms with E-state index in [9.17, 15) is 4.79 Å². The van der Waals surface area contributed by atoms with Crippen LogP contribution in [0.1, 0.15) is 32.1 Å². The van der Waals surface area contributed by atoms with E-state index in [0.29, 0.717) is 11.0 Å². The number of likely N-dealkylation sites (tertiary alicyclic amines) is 1. The highest BCUT2D eigenvalue weighted by Crippen LogP contribution is 2.28. The number of piperidine rings is 1. The number of carbonyl (C=O) groups excluding carboxylic acids is 1. The average Bonchev–Trinajstić information content (AvgIpc) is 3.06. The van der Waals surface area contributed by atoms with Crippen LogP contribution in [-0.2, 0) is 4.79 Å². The Morgan fingerprint density at radius 1 is 1.25 bits per heavy atom. The van der Waals surface area contributed by atoms with Gasteiger partial charge in [0.15, 0.2) is 0 Å². The highest BCUT2D eigenvalue weighted by Gasteiger charge is 2.24. The van der Waals surface area contributed by atoms with Crippen LogP contribution in [0.25, 0.3) is 0 Å². The number of carbonyl (C=O) groups is 1. The van der Waals surface area contributed by atoms with Crippen molar-refractivity contribution in [2.45, 2.75) is 32.1 Å². The number of anilines is 2. The molecule has 2 aliphatic rings. The van der Waals surface area contributed by atoms with Crippen molar-refractivity contribution in [2.24, 2.45) is 5.92 Å². The molecule has 1 aromatic heterocycles. The van der Waals surface area contributed by atoms with Gasteiger partial charge in [0.25, 0.3) is 0 Å². The number of nitrogens with two attached hydrogens (primary N) is 1. The first-order valence-corrected chi connectivity index (χ1v) is 8.16. The Morgan fingerprint density at radius 2 is 2.05 bits per heavy atom. The minimum absolute atomic E-state index is 0.340. The van der Waals surface area contributed by atoms with Crippen LogP contribution >= 0.6 is 11.3 Å². The van der Waals surface area contributed by atoms with E-state index in [1.54, 1.807) is 0 Å². The third kappa shape index (κ3) is 3.03. The molecule has 2 saturated heterocycles. The lowest BCUT2D eigenvalue weighted by molar-refractivity contribution is -0.127. The predicted molar refractivity (Wildman–Crippen MR) is 79.7 cm³/mol. The van der Waals surface area contributed by atoms with Gasteiger partial charge in [-0.15, -0.1) is 10.2 Å². The maximum atomic E-state index is 11.6. The molecule has 0 radical (unpaired) electrons. The zero-order valence-corrected chi connectivity index (χ0v) is 12.4. The molecule has 6 nitrogen and oxygen atoms in total. The Hall–Kier alpha value is -1.37. The lowest BCUT2D eigenvalue weighted by Gasteiger charge is -2.32. The summed E-state index contributed by atoms with van der Waals surface area (Å²) in [6.45, 7) is 3.94. The molecule has 0 atom stereocenters. The van der Waals surface area contributed by atoms with E-state index in [-0.39, 0.29) is 0 Å². The summed E-state index contributed by atoms with van der Waals surface area (Å²) in [6, 6.07) is 0. The normalized spacial score (nSPS) is 20.9. The van der Waals surface area contributed by atoms with Crippen molar-refractivity contribution in [3.8, 4) is 0 Å². The number of rotatable bonds is 4. The lowest BCUT2D eigenvalue weighted by Crippen LogP contribution is -2.35. The molecule has 0 aliphatic carbocycles. The van der Waals surface area contributed by atoms with Crippen LogP contribution in [0.3, 0.4) is 0 Å². The molecule has 1 aromatic rings. The summed E-state index contributed by atoms with van der Waals surface area (Å²) in [5.41, 5.74) is 5.62. The summed E-state index contributed by atoms with van der Waals surface area (Å²) in [7, 11) is 0. The zero-order valence-electron chi connectivity index (χ0n) is 11.6. The van der Waals surface area contributed by atoms with Crippen molar-refractivity contribution in [1.82, 2.24) is 15.1 Å². The number of nitrogens with zero attached hydrogens (tertiary/aromatic N) is 4. The molecular formula is C13H21N5OS. The Morgan fingerprint density at radius 3 is 2.65 bits per heavy atom. The van der Waals surface area contributed by atoms with Crippen molar-refractivity contribution >= 4 is 27.5 Å². The van der Waals surface area contributed by atoms with Crippen molar-refractivity contribution < 1.29 is 4.79 Å². The van der Waals surface area contributed by atoms with Crippen molar-refractivity contribution in [2.75, 3.05) is 36.8 Å². The molecule has 3 rings (SSSR count). The van der Waals surface area contributed by atoms with Gasteiger partial charge < -0.3 is 15.5 Å². The zero-order chi connectivity index (χ0) is 13.9. The fraction of sp³-hybridized carbons (Fsp3) is 0.769. The number of hydrogen-bond acceptors (Lipinski definition) is 6. The van der Waals surface area contributed by atoms with Gasteiger partial charge >= 0.3 is 0 Å². The minimum Gasteiger partial charge on any atom is -0.374 e. The van der Waals surface area contributed by atoms with E-state index in [2.05, 4.69) is 15.1 Å². The van der Waals surface area contributed by atoms with Gasteiger partial charge in [0.1, 0.15) is 0 Å². The topological polar surface area (TPSA) is 75.3 Å². The highest BCUT2D eigenvalue weighted by molar-refractivity contribution is 7.18. The van der Waals surface area contributed by atoms with E-state index >= 15 is 0 Å². The standard InChI is InChI=1S/C13H21N5OS/c14-12-15-16-13(20-12)18-8-4-10(5-9-18)3-7-17-6-1-2-11(17)19/h10H,1-9H2,(H2,14,15). The summed E-state index contributed by atoms with van der Waals surface area (Å²) in [5, 5.41) is 9.45. The van der Waals surface area contributed by atoms with Gasteiger partial charge in [-0.3, -0.25) is 4.79 Å². The number of aromatic nitrogens is 2.